The van der Waals surface area contributed by atoms with Crippen LogP contribution in [-0.2, 0) is 16.3 Å². The van der Waals surface area contributed by atoms with Crippen molar-refractivity contribution >= 4 is 11.0 Å². The Hall–Kier alpha value is -2.45. The number of aromatic nitrogens is 3. The molecule has 0 bridgehead atoms. The van der Waals surface area contributed by atoms with Crippen molar-refractivity contribution in [1.82, 2.24) is 15.2 Å². The molecule has 0 fully saturated rings. The van der Waals surface area contributed by atoms with E-state index in [9.17, 15) is 13.2 Å². The zero-order valence-electron chi connectivity index (χ0n) is 15.1. The van der Waals surface area contributed by atoms with Crippen molar-refractivity contribution in [2.45, 2.75) is 24.9 Å². The van der Waals surface area contributed by atoms with Crippen molar-refractivity contribution in [3.8, 4) is 11.1 Å². The largest absolute Gasteiger partial charge is 0.433 e. The molecule has 1 aromatic carbocycles. The van der Waals surface area contributed by atoms with E-state index in [1.807, 2.05) is 25.1 Å². The second-order valence-electron chi connectivity index (χ2n) is 6.74. The predicted octanol–water partition coefficient (Wildman–Crippen LogP) is 3.90. The Morgan fingerprint density at radius 1 is 1.22 bits per heavy atom. The van der Waals surface area contributed by atoms with Crippen LogP contribution in [0, 0.1) is 0 Å². The van der Waals surface area contributed by atoms with E-state index in [0.29, 0.717) is 30.7 Å². The fourth-order valence-corrected chi connectivity index (χ4v) is 3.15. The zero-order chi connectivity index (χ0) is 19.7. The number of halogens is 3. The van der Waals surface area contributed by atoms with Crippen LogP contribution in [0.1, 0.15) is 24.6 Å². The normalized spacial score (nSPS) is 14.4. The third-order valence-electron chi connectivity index (χ3n) is 4.92. The van der Waals surface area contributed by atoms with Gasteiger partial charge < -0.3 is 10.5 Å². The van der Waals surface area contributed by atoms with Gasteiger partial charge in [0, 0.05) is 31.9 Å². The second kappa shape index (κ2) is 7.28. The Balaban J connectivity index is 2.14. The van der Waals surface area contributed by atoms with Gasteiger partial charge in [0.25, 0.3) is 0 Å². The van der Waals surface area contributed by atoms with Gasteiger partial charge in [-0.15, -0.1) is 0 Å². The molecule has 0 spiro atoms. The number of nitrogens with two attached hydrogens (primary N) is 1. The number of aromatic amines is 1. The molecule has 2 aromatic heterocycles. The minimum absolute atomic E-state index is 0.0335. The highest BCUT2D eigenvalue weighted by molar-refractivity contribution is 5.94. The van der Waals surface area contributed by atoms with Gasteiger partial charge in [-0.25, -0.2) is 4.98 Å². The average molecular weight is 378 g/mol. The van der Waals surface area contributed by atoms with Gasteiger partial charge in [-0.2, -0.15) is 18.3 Å². The van der Waals surface area contributed by atoms with Crippen molar-refractivity contribution in [2.75, 3.05) is 20.3 Å². The van der Waals surface area contributed by atoms with Crippen LogP contribution in [-0.4, -0.2) is 35.4 Å². The molecule has 5 nitrogen and oxygen atoms in total. The molecule has 144 valence electrons. The van der Waals surface area contributed by atoms with Gasteiger partial charge >= 0.3 is 6.18 Å². The minimum atomic E-state index is -4.55. The summed E-state index contributed by atoms with van der Waals surface area (Å²) in [5.41, 5.74) is 6.81. The van der Waals surface area contributed by atoms with E-state index in [-0.39, 0.29) is 16.4 Å². The fraction of sp³-hybridized carbons (Fsp3) is 0.368. The average Bonchev–Trinajstić information content (AvgIpc) is 3.11. The number of rotatable bonds is 6. The Morgan fingerprint density at radius 3 is 2.67 bits per heavy atom. The van der Waals surface area contributed by atoms with Crippen LogP contribution >= 0.6 is 0 Å². The Kier molecular flexibility index (Phi) is 5.21. The number of methoxy groups -OCH3 is 1. The van der Waals surface area contributed by atoms with Gasteiger partial charge in [-0.3, -0.25) is 5.10 Å². The molecule has 0 aliphatic carbocycles. The number of nitrogens with zero attached hydrogens (tertiary/aromatic N) is 2. The van der Waals surface area contributed by atoms with Crippen LogP contribution in [0.4, 0.5) is 13.2 Å². The lowest BCUT2D eigenvalue weighted by Crippen LogP contribution is -2.33. The maximum atomic E-state index is 13.4. The maximum Gasteiger partial charge on any atom is 0.433 e. The van der Waals surface area contributed by atoms with Crippen molar-refractivity contribution in [3.05, 3.63) is 47.8 Å². The quantitative estimate of drug-likeness (QED) is 0.682. The summed E-state index contributed by atoms with van der Waals surface area (Å²) < 4.78 is 45.3. The van der Waals surface area contributed by atoms with Crippen LogP contribution in [0.2, 0.25) is 0 Å². The van der Waals surface area contributed by atoms with Crippen LogP contribution in [0.25, 0.3) is 22.2 Å². The van der Waals surface area contributed by atoms with Crippen molar-refractivity contribution < 1.29 is 17.9 Å². The maximum absolute atomic E-state index is 13.4. The molecule has 3 rings (SSSR count). The molecular weight excluding hydrogens is 357 g/mol. The summed E-state index contributed by atoms with van der Waals surface area (Å²) in [7, 11) is 1.62. The van der Waals surface area contributed by atoms with Gasteiger partial charge in [0.2, 0.25) is 0 Å². The molecule has 0 saturated heterocycles. The number of ether oxygens (including phenoxy) is 1. The standard InChI is InChI=1S/C19H21F3N4O/c1-18(11-23,7-9-27-2)13-5-3-4-12(10-13)14-6-8-24-17-15(14)16(25-26-17)19(20,21)22/h3-6,8,10H,7,9,11,23H2,1-2H3,(H,24,25,26)/t18-/m1/s1. The highest BCUT2D eigenvalue weighted by Crippen LogP contribution is 2.38. The van der Waals surface area contributed by atoms with Crippen LogP contribution < -0.4 is 5.73 Å². The third-order valence-corrected chi connectivity index (χ3v) is 4.92. The molecule has 3 aromatic rings. The van der Waals surface area contributed by atoms with Gasteiger partial charge in [0.05, 0.1) is 5.39 Å². The molecule has 0 amide bonds. The molecule has 8 heteroatoms. The van der Waals surface area contributed by atoms with Crippen LogP contribution in [0.5, 0.6) is 0 Å². The summed E-state index contributed by atoms with van der Waals surface area (Å²) in [5.74, 6) is 0. The molecule has 0 aliphatic heterocycles. The van der Waals surface area contributed by atoms with E-state index in [1.165, 1.54) is 6.20 Å². The van der Waals surface area contributed by atoms with Crippen molar-refractivity contribution in [2.24, 2.45) is 5.73 Å². The van der Waals surface area contributed by atoms with Gasteiger partial charge in [0.15, 0.2) is 5.65 Å². The monoisotopic (exact) mass is 378 g/mol. The fourth-order valence-electron chi connectivity index (χ4n) is 3.15. The van der Waals surface area contributed by atoms with Crippen molar-refractivity contribution in [3.63, 3.8) is 0 Å². The molecule has 0 radical (unpaired) electrons. The third kappa shape index (κ3) is 3.68. The molecule has 0 saturated carbocycles. The summed E-state index contributed by atoms with van der Waals surface area (Å²) >= 11 is 0. The number of hydrogen-bond acceptors (Lipinski definition) is 4. The van der Waals surface area contributed by atoms with E-state index >= 15 is 0 Å². The number of alkyl halides is 3. The predicted molar refractivity (Wildman–Crippen MR) is 97.2 cm³/mol. The van der Waals surface area contributed by atoms with Crippen LogP contribution in [0.15, 0.2) is 36.5 Å². The summed E-state index contributed by atoms with van der Waals surface area (Å²) in [5, 5.41) is 5.75. The highest BCUT2D eigenvalue weighted by atomic mass is 19.4. The molecule has 0 aliphatic rings. The number of pyridine rings is 1. The first kappa shape index (κ1) is 19.3. The van der Waals surface area contributed by atoms with E-state index in [2.05, 4.69) is 15.2 Å². The number of hydrogen-bond donors (Lipinski definition) is 2. The summed E-state index contributed by atoms with van der Waals surface area (Å²) in [4.78, 5) is 3.95. The zero-order valence-corrected chi connectivity index (χ0v) is 15.1. The van der Waals surface area contributed by atoms with Gasteiger partial charge in [0.1, 0.15) is 5.69 Å². The van der Waals surface area contributed by atoms with E-state index in [4.69, 9.17) is 10.5 Å². The van der Waals surface area contributed by atoms with Gasteiger partial charge in [-0.05, 0) is 29.2 Å². The first-order chi connectivity index (χ1) is 12.8. The first-order valence-corrected chi connectivity index (χ1v) is 8.50. The molecule has 0 unspecified atom stereocenters. The first-order valence-electron chi connectivity index (χ1n) is 8.50. The summed E-state index contributed by atoms with van der Waals surface area (Å²) in [6.45, 7) is 2.95. The van der Waals surface area contributed by atoms with E-state index < -0.39 is 11.9 Å². The lowest BCUT2D eigenvalue weighted by molar-refractivity contribution is -0.139. The minimum Gasteiger partial charge on any atom is -0.385 e. The summed E-state index contributed by atoms with van der Waals surface area (Å²) in [6, 6.07) is 8.99. The summed E-state index contributed by atoms with van der Waals surface area (Å²) in [6.07, 6.45) is -2.39. The molecular formula is C19H21F3N4O. The SMILES string of the molecule is COCC[C@](C)(CN)c1cccc(-c2ccnc3n[nH]c(C(F)(F)F)c23)c1. The van der Waals surface area contributed by atoms with E-state index in [0.717, 1.165) is 5.56 Å². The highest BCUT2D eigenvalue weighted by Gasteiger charge is 2.36. The number of nitrogens with one attached hydrogen (secondary N) is 1. The Labute approximate surface area is 154 Å². The number of fused-ring (bicyclic) bond motifs is 1. The molecule has 2 heterocycles. The Morgan fingerprint density at radius 2 is 2.00 bits per heavy atom. The van der Waals surface area contributed by atoms with E-state index in [1.54, 1.807) is 19.2 Å². The lowest BCUT2D eigenvalue weighted by atomic mass is 9.79. The topological polar surface area (TPSA) is 76.8 Å². The second-order valence-corrected chi connectivity index (χ2v) is 6.74. The van der Waals surface area contributed by atoms with Gasteiger partial charge in [-0.1, -0.05) is 31.2 Å². The molecule has 27 heavy (non-hydrogen) atoms. The number of H-pyrrole nitrogens is 1. The van der Waals surface area contributed by atoms with Crippen molar-refractivity contribution in [1.29, 1.82) is 0 Å². The molecule has 1 atom stereocenters. The lowest BCUT2D eigenvalue weighted by Gasteiger charge is -2.29. The Bertz CT molecular complexity index is 938. The van der Waals surface area contributed by atoms with Crippen LogP contribution in [0.3, 0.4) is 0 Å². The molecule has 3 N–H and O–H groups in total. The smallest absolute Gasteiger partial charge is 0.385 e. The number of benzene rings is 1.